The number of amides is 1. The quantitative estimate of drug-likeness (QED) is 0.793. The number of nitrogens with two attached hydrogens (primary N) is 1. The number of carbonyl (C=O) groups is 1. The third-order valence-corrected chi connectivity index (χ3v) is 3.30. The largest absolute Gasteiger partial charge is 0.508 e. The lowest BCUT2D eigenvalue weighted by molar-refractivity contribution is 0.0697. The average molecular weight is 274 g/mol. The molecule has 1 aromatic heterocycles. The molecular weight excluding hydrogens is 256 g/mol. The molecule has 20 heavy (non-hydrogen) atoms. The number of phenolic OH excluding ortho intramolecular Hbond substituents is 1. The van der Waals surface area contributed by atoms with E-state index in [9.17, 15) is 9.90 Å². The van der Waals surface area contributed by atoms with Crippen LogP contribution in [0.2, 0.25) is 0 Å². The van der Waals surface area contributed by atoms with Crippen molar-refractivity contribution in [3.8, 4) is 5.75 Å². The van der Waals surface area contributed by atoms with E-state index in [4.69, 9.17) is 5.73 Å². The normalized spacial score (nSPS) is 12.1. The van der Waals surface area contributed by atoms with Gasteiger partial charge in [0.05, 0.1) is 17.9 Å². The van der Waals surface area contributed by atoms with E-state index < -0.39 is 0 Å². The molecule has 0 radical (unpaired) electrons. The first-order valence-corrected chi connectivity index (χ1v) is 6.43. The van der Waals surface area contributed by atoms with Gasteiger partial charge in [-0.05, 0) is 31.5 Å². The molecule has 1 aromatic carbocycles. The van der Waals surface area contributed by atoms with Gasteiger partial charge in [0.15, 0.2) is 0 Å². The maximum absolute atomic E-state index is 12.5. The van der Waals surface area contributed by atoms with Crippen molar-refractivity contribution >= 4 is 11.6 Å². The molecule has 6 nitrogen and oxygen atoms in total. The molecule has 0 aliphatic heterocycles. The van der Waals surface area contributed by atoms with E-state index >= 15 is 0 Å². The molecular formula is C14H18N4O2. The van der Waals surface area contributed by atoms with E-state index in [0.29, 0.717) is 17.9 Å². The average Bonchev–Trinajstić information content (AvgIpc) is 2.85. The SMILES string of the molecule is CCN(C(=O)c1[nH]ncc1N)C(C)c1cccc(O)c1. The summed E-state index contributed by atoms with van der Waals surface area (Å²) in [5.74, 6) is -0.0303. The molecule has 0 aliphatic rings. The second-order valence-corrected chi connectivity index (χ2v) is 4.56. The van der Waals surface area contributed by atoms with Crippen molar-refractivity contribution in [2.45, 2.75) is 19.9 Å². The number of nitrogens with one attached hydrogen (secondary N) is 1. The summed E-state index contributed by atoms with van der Waals surface area (Å²) >= 11 is 0. The Morgan fingerprint density at radius 3 is 2.85 bits per heavy atom. The number of phenols is 1. The van der Waals surface area contributed by atoms with Gasteiger partial charge in [-0.15, -0.1) is 0 Å². The molecule has 0 aliphatic carbocycles. The summed E-state index contributed by atoms with van der Waals surface area (Å²) in [6.45, 7) is 4.32. The highest BCUT2D eigenvalue weighted by Gasteiger charge is 2.24. The predicted octanol–water partition coefficient (Wildman–Crippen LogP) is 1.92. The second kappa shape index (κ2) is 5.64. The van der Waals surface area contributed by atoms with Crippen LogP contribution in [0.1, 0.15) is 35.9 Å². The monoisotopic (exact) mass is 274 g/mol. The Balaban J connectivity index is 2.28. The maximum Gasteiger partial charge on any atom is 0.274 e. The minimum atomic E-state index is -0.210. The number of rotatable bonds is 4. The van der Waals surface area contributed by atoms with Gasteiger partial charge in [-0.3, -0.25) is 9.89 Å². The maximum atomic E-state index is 12.5. The van der Waals surface area contributed by atoms with Crippen LogP contribution in [-0.2, 0) is 0 Å². The lowest BCUT2D eigenvalue weighted by Gasteiger charge is -2.28. The van der Waals surface area contributed by atoms with Crippen LogP contribution in [0, 0.1) is 0 Å². The van der Waals surface area contributed by atoms with Gasteiger partial charge >= 0.3 is 0 Å². The highest BCUT2D eigenvalue weighted by atomic mass is 16.3. The molecule has 2 aromatic rings. The Kier molecular flexibility index (Phi) is 3.93. The van der Waals surface area contributed by atoms with E-state index in [0.717, 1.165) is 5.56 Å². The molecule has 106 valence electrons. The number of aromatic hydroxyl groups is 1. The predicted molar refractivity (Wildman–Crippen MR) is 76.2 cm³/mol. The van der Waals surface area contributed by atoms with Gasteiger partial charge in [-0.25, -0.2) is 0 Å². The minimum absolute atomic E-state index is 0.178. The Morgan fingerprint density at radius 1 is 1.55 bits per heavy atom. The lowest BCUT2D eigenvalue weighted by atomic mass is 10.1. The first-order valence-electron chi connectivity index (χ1n) is 6.43. The third kappa shape index (κ3) is 2.59. The van der Waals surface area contributed by atoms with Crippen molar-refractivity contribution in [1.82, 2.24) is 15.1 Å². The Hall–Kier alpha value is -2.50. The van der Waals surface area contributed by atoms with Crippen LogP contribution in [0.15, 0.2) is 30.5 Å². The Bertz CT molecular complexity index is 609. The number of hydrogen-bond acceptors (Lipinski definition) is 4. The van der Waals surface area contributed by atoms with Gasteiger partial charge in [0, 0.05) is 6.54 Å². The van der Waals surface area contributed by atoms with E-state index in [1.54, 1.807) is 23.1 Å². The van der Waals surface area contributed by atoms with E-state index in [2.05, 4.69) is 10.2 Å². The van der Waals surface area contributed by atoms with Crippen LogP contribution >= 0.6 is 0 Å². The third-order valence-electron chi connectivity index (χ3n) is 3.30. The van der Waals surface area contributed by atoms with Gasteiger partial charge in [0.2, 0.25) is 0 Å². The second-order valence-electron chi connectivity index (χ2n) is 4.56. The molecule has 0 saturated heterocycles. The van der Waals surface area contributed by atoms with Crippen molar-refractivity contribution in [2.24, 2.45) is 0 Å². The molecule has 1 atom stereocenters. The summed E-state index contributed by atoms with van der Waals surface area (Å²) in [6.07, 6.45) is 1.42. The molecule has 1 heterocycles. The van der Waals surface area contributed by atoms with Gasteiger partial charge < -0.3 is 15.7 Å². The number of aromatic nitrogens is 2. The lowest BCUT2D eigenvalue weighted by Crippen LogP contribution is -2.34. The zero-order valence-electron chi connectivity index (χ0n) is 11.5. The summed E-state index contributed by atoms with van der Waals surface area (Å²) in [5, 5.41) is 15.9. The van der Waals surface area contributed by atoms with Crippen LogP contribution < -0.4 is 5.73 Å². The van der Waals surface area contributed by atoms with Crippen LogP contribution in [0.5, 0.6) is 5.75 Å². The summed E-state index contributed by atoms with van der Waals surface area (Å²) in [4.78, 5) is 14.1. The van der Waals surface area contributed by atoms with Crippen LogP contribution in [0.4, 0.5) is 5.69 Å². The summed E-state index contributed by atoms with van der Waals surface area (Å²) in [5.41, 5.74) is 7.20. The number of carbonyl (C=O) groups excluding carboxylic acids is 1. The number of aromatic amines is 1. The zero-order chi connectivity index (χ0) is 14.7. The molecule has 2 rings (SSSR count). The van der Waals surface area contributed by atoms with Crippen molar-refractivity contribution in [2.75, 3.05) is 12.3 Å². The topological polar surface area (TPSA) is 95.2 Å². The van der Waals surface area contributed by atoms with E-state index in [-0.39, 0.29) is 17.7 Å². The summed E-state index contributed by atoms with van der Waals surface area (Å²) in [7, 11) is 0. The molecule has 6 heteroatoms. The smallest absolute Gasteiger partial charge is 0.274 e. The molecule has 1 amide bonds. The van der Waals surface area contributed by atoms with E-state index in [1.807, 2.05) is 19.9 Å². The minimum Gasteiger partial charge on any atom is -0.508 e. The van der Waals surface area contributed by atoms with Crippen molar-refractivity contribution in [1.29, 1.82) is 0 Å². The first kappa shape index (κ1) is 13.9. The molecule has 0 saturated carbocycles. The van der Waals surface area contributed by atoms with Crippen molar-refractivity contribution in [3.05, 3.63) is 41.7 Å². The van der Waals surface area contributed by atoms with Gasteiger partial charge in [0.25, 0.3) is 5.91 Å². The van der Waals surface area contributed by atoms with Crippen LogP contribution in [-0.4, -0.2) is 32.7 Å². The first-order chi connectivity index (χ1) is 9.54. The number of H-pyrrole nitrogens is 1. The standard InChI is InChI=1S/C14H18N4O2/c1-3-18(14(20)13-12(15)8-16-17-13)9(2)10-5-4-6-11(19)7-10/h4-9,19H,3,15H2,1-2H3,(H,16,17). The molecule has 4 N–H and O–H groups in total. The zero-order valence-corrected chi connectivity index (χ0v) is 11.5. The molecule has 0 bridgehead atoms. The fourth-order valence-electron chi connectivity index (χ4n) is 2.17. The van der Waals surface area contributed by atoms with Crippen molar-refractivity contribution in [3.63, 3.8) is 0 Å². The van der Waals surface area contributed by atoms with E-state index in [1.165, 1.54) is 6.20 Å². The summed E-state index contributed by atoms with van der Waals surface area (Å²) in [6, 6.07) is 6.70. The molecule has 0 spiro atoms. The number of nitrogens with zero attached hydrogens (tertiary/aromatic N) is 2. The van der Waals surface area contributed by atoms with Crippen LogP contribution in [0.25, 0.3) is 0 Å². The van der Waals surface area contributed by atoms with Crippen LogP contribution in [0.3, 0.4) is 0 Å². The highest BCUT2D eigenvalue weighted by molar-refractivity contribution is 5.97. The number of hydrogen-bond donors (Lipinski definition) is 3. The number of anilines is 1. The van der Waals surface area contributed by atoms with Gasteiger partial charge in [0.1, 0.15) is 11.4 Å². The highest BCUT2D eigenvalue weighted by Crippen LogP contribution is 2.25. The molecule has 0 fully saturated rings. The van der Waals surface area contributed by atoms with Gasteiger partial charge in [-0.2, -0.15) is 5.10 Å². The summed E-state index contributed by atoms with van der Waals surface area (Å²) < 4.78 is 0. The Morgan fingerprint density at radius 2 is 2.30 bits per heavy atom. The number of nitrogen functional groups attached to an aromatic ring is 1. The van der Waals surface area contributed by atoms with Crippen molar-refractivity contribution < 1.29 is 9.90 Å². The fourth-order valence-corrected chi connectivity index (χ4v) is 2.17. The Labute approximate surface area is 117 Å². The fraction of sp³-hybridized carbons (Fsp3) is 0.286. The molecule has 1 unspecified atom stereocenters. The van der Waals surface area contributed by atoms with Gasteiger partial charge in [-0.1, -0.05) is 12.1 Å². The number of benzene rings is 1.